The number of halogens is 2. The standard InChI is InChI=1S/C16H17BrClNO2/c17-16-14(18)7-4-8-15(16)19-9-13(20)11-21-10-12-5-2-1-3-6-12/h1-8,13,19-20H,9-11H2. The highest BCUT2D eigenvalue weighted by Crippen LogP contribution is 2.29. The predicted octanol–water partition coefficient (Wildman–Crippen LogP) is 4.09. The Balaban J connectivity index is 1.72. The zero-order valence-corrected chi connectivity index (χ0v) is 13.8. The lowest BCUT2D eigenvalue weighted by atomic mass is 10.2. The summed E-state index contributed by atoms with van der Waals surface area (Å²) >= 11 is 9.41. The van der Waals surface area contributed by atoms with Crippen LogP contribution in [0.25, 0.3) is 0 Å². The fourth-order valence-corrected chi connectivity index (χ4v) is 2.39. The zero-order valence-electron chi connectivity index (χ0n) is 11.4. The van der Waals surface area contributed by atoms with Gasteiger partial charge >= 0.3 is 0 Å². The Morgan fingerprint density at radius 3 is 2.67 bits per heavy atom. The molecule has 1 atom stereocenters. The molecule has 0 radical (unpaired) electrons. The maximum atomic E-state index is 9.91. The number of aliphatic hydroxyl groups is 1. The topological polar surface area (TPSA) is 41.5 Å². The quantitative estimate of drug-likeness (QED) is 0.771. The molecule has 0 fully saturated rings. The maximum Gasteiger partial charge on any atom is 0.0945 e. The number of benzene rings is 2. The Kier molecular flexibility index (Phi) is 6.51. The van der Waals surface area contributed by atoms with Gasteiger partial charge in [0, 0.05) is 6.54 Å². The fourth-order valence-electron chi connectivity index (χ4n) is 1.81. The monoisotopic (exact) mass is 369 g/mol. The van der Waals surface area contributed by atoms with Crippen molar-refractivity contribution in [2.24, 2.45) is 0 Å². The molecule has 5 heteroatoms. The van der Waals surface area contributed by atoms with Crippen molar-refractivity contribution in [3.05, 3.63) is 63.6 Å². The second-order valence-electron chi connectivity index (χ2n) is 4.64. The van der Waals surface area contributed by atoms with Crippen LogP contribution in [-0.4, -0.2) is 24.4 Å². The van der Waals surface area contributed by atoms with E-state index in [0.717, 1.165) is 15.7 Å². The Morgan fingerprint density at radius 1 is 1.14 bits per heavy atom. The summed E-state index contributed by atoms with van der Waals surface area (Å²) in [5, 5.41) is 13.7. The van der Waals surface area contributed by atoms with Gasteiger partial charge in [-0.15, -0.1) is 0 Å². The number of hydrogen-bond acceptors (Lipinski definition) is 3. The lowest BCUT2D eigenvalue weighted by molar-refractivity contribution is 0.0348. The molecular formula is C16H17BrClNO2. The molecule has 0 spiro atoms. The van der Waals surface area contributed by atoms with Crippen molar-refractivity contribution in [1.82, 2.24) is 0 Å². The third kappa shape index (κ3) is 5.32. The zero-order chi connectivity index (χ0) is 15.1. The van der Waals surface area contributed by atoms with Crippen LogP contribution in [0.5, 0.6) is 0 Å². The second kappa shape index (κ2) is 8.39. The van der Waals surface area contributed by atoms with Gasteiger partial charge in [-0.1, -0.05) is 48.0 Å². The minimum Gasteiger partial charge on any atom is -0.389 e. The minimum atomic E-state index is -0.584. The fraction of sp³-hybridized carbons (Fsp3) is 0.250. The van der Waals surface area contributed by atoms with E-state index in [1.807, 2.05) is 42.5 Å². The molecule has 0 saturated carbocycles. The third-order valence-electron chi connectivity index (χ3n) is 2.90. The van der Waals surface area contributed by atoms with Gasteiger partial charge in [-0.2, -0.15) is 0 Å². The van der Waals surface area contributed by atoms with Crippen LogP contribution in [-0.2, 0) is 11.3 Å². The minimum absolute atomic E-state index is 0.278. The Hall–Kier alpha value is -1.07. The van der Waals surface area contributed by atoms with Gasteiger partial charge in [0.25, 0.3) is 0 Å². The first-order chi connectivity index (χ1) is 10.2. The predicted molar refractivity (Wildman–Crippen MR) is 89.7 cm³/mol. The Morgan fingerprint density at radius 2 is 1.90 bits per heavy atom. The molecule has 112 valence electrons. The van der Waals surface area contributed by atoms with Gasteiger partial charge < -0.3 is 15.2 Å². The van der Waals surface area contributed by atoms with E-state index in [2.05, 4.69) is 21.2 Å². The van der Waals surface area contributed by atoms with Gasteiger partial charge in [0.1, 0.15) is 0 Å². The second-order valence-corrected chi connectivity index (χ2v) is 5.84. The van der Waals surface area contributed by atoms with E-state index in [1.54, 1.807) is 6.07 Å². The highest BCUT2D eigenvalue weighted by Gasteiger charge is 2.07. The molecule has 2 N–H and O–H groups in total. The van der Waals surface area contributed by atoms with Crippen molar-refractivity contribution in [2.75, 3.05) is 18.5 Å². The smallest absolute Gasteiger partial charge is 0.0945 e. The van der Waals surface area contributed by atoms with Gasteiger partial charge in [0.15, 0.2) is 0 Å². The van der Waals surface area contributed by atoms with Gasteiger partial charge in [-0.05, 0) is 33.6 Å². The summed E-state index contributed by atoms with van der Waals surface area (Å²) in [6.45, 7) is 1.17. The lowest BCUT2D eigenvalue weighted by Crippen LogP contribution is -2.24. The number of aliphatic hydroxyl groups excluding tert-OH is 1. The van der Waals surface area contributed by atoms with E-state index in [0.29, 0.717) is 18.2 Å². The van der Waals surface area contributed by atoms with Crippen molar-refractivity contribution in [1.29, 1.82) is 0 Å². The number of nitrogens with one attached hydrogen (secondary N) is 1. The number of rotatable bonds is 7. The molecule has 0 aliphatic rings. The van der Waals surface area contributed by atoms with Crippen LogP contribution in [0.2, 0.25) is 5.02 Å². The van der Waals surface area contributed by atoms with Crippen LogP contribution < -0.4 is 5.32 Å². The van der Waals surface area contributed by atoms with E-state index in [9.17, 15) is 5.11 Å². The molecule has 0 amide bonds. The first-order valence-electron chi connectivity index (χ1n) is 6.64. The lowest BCUT2D eigenvalue weighted by Gasteiger charge is -2.14. The van der Waals surface area contributed by atoms with E-state index in [4.69, 9.17) is 16.3 Å². The van der Waals surface area contributed by atoms with Gasteiger partial charge in [0.2, 0.25) is 0 Å². The molecule has 21 heavy (non-hydrogen) atoms. The van der Waals surface area contributed by atoms with Gasteiger partial charge in [-0.25, -0.2) is 0 Å². The SMILES string of the molecule is OC(CNc1cccc(Cl)c1Br)COCc1ccccc1. The van der Waals surface area contributed by atoms with Crippen LogP contribution in [0.4, 0.5) is 5.69 Å². The summed E-state index contributed by atoms with van der Waals surface area (Å²) < 4.78 is 6.29. The first kappa shape index (κ1) is 16.3. The highest BCUT2D eigenvalue weighted by atomic mass is 79.9. The van der Waals surface area contributed by atoms with Crippen molar-refractivity contribution < 1.29 is 9.84 Å². The molecule has 0 saturated heterocycles. The number of anilines is 1. The summed E-state index contributed by atoms with van der Waals surface area (Å²) in [6, 6.07) is 15.4. The molecule has 0 heterocycles. The molecular weight excluding hydrogens is 354 g/mol. The van der Waals surface area contributed by atoms with Crippen LogP contribution in [0.1, 0.15) is 5.56 Å². The van der Waals surface area contributed by atoms with Crippen LogP contribution in [0.15, 0.2) is 53.0 Å². The summed E-state index contributed by atoms with van der Waals surface area (Å²) in [5.41, 5.74) is 1.94. The highest BCUT2D eigenvalue weighted by molar-refractivity contribution is 9.10. The summed E-state index contributed by atoms with van der Waals surface area (Å²) in [5.74, 6) is 0. The number of ether oxygens (including phenoxy) is 1. The number of hydrogen-bond donors (Lipinski definition) is 2. The van der Waals surface area contributed by atoms with E-state index >= 15 is 0 Å². The largest absolute Gasteiger partial charge is 0.389 e. The van der Waals surface area contributed by atoms with Crippen LogP contribution in [0, 0.1) is 0 Å². The van der Waals surface area contributed by atoms with Crippen LogP contribution >= 0.6 is 27.5 Å². The normalized spacial score (nSPS) is 12.1. The van der Waals surface area contributed by atoms with E-state index in [-0.39, 0.29) is 6.61 Å². The Labute approximate surface area is 138 Å². The summed E-state index contributed by atoms with van der Waals surface area (Å²) in [4.78, 5) is 0. The van der Waals surface area contributed by atoms with E-state index in [1.165, 1.54) is 0 Å². The molecule has 0 aromatic heterocycles. The first-order valence-corrected chi connectivity index (χ1v) is 7.81. The molecule has 2 aromatic rings. The van der Waals surface area contributed by atoms with Gasteiger partial charge in [0.05, 0.1) is 34.5 Å². The van der Waals surface area contributed by atoms with Crippen molar-refractivity contribution in [3.8, 4) is 0 Å². The molecule has 0 aliphatic heterocycles. The van der Waals surface area contributed by atoms with Crippen molar-refractivity contribution in [2.45, 2.75) is 12.7 Å². The third-order valence-corrected chi connectivity index (χ3v) is 4.30. The van der Waals surface area contributed by atoms with Gasteiger partial charge in [-0.3, -0.25) is 0 Å². The molecule has 1 unspecified atom stereocenters. The molecule has 2 rings (SSSR count). The Bertz CT molecular complexity index is 565. The average Bonchev–Trinajstić information content (AvgIpc) is 2.50. The summed E-state index contributed by atoms with van der Waals surface area (Å²) in [7, 11) is 0. The molecule has 0 bridgehead atoms. The van der Waals surface area contributed by atoms with Crippen LogP contribution in [0.3, 0.4) is 0 Å². The maximum absolute atomic E-state index is 9.91. The summed E-state index contributed by atoms with van der Waals surface area (Å²) in [6.07, 6.45) is -0.584. The van der Waals surface area contributed by atoms with Crippen molar-refractivity contribution in [3.63, 3.8) is 0 Å². The average molecular weight is 371 g/mol. The molecule has 0 aliphatic carbocycles. The molecule has 3 nitrogen and oxygen atoms in total. The molecule has 2 aromatic carbocycles. The van der Waals surface area contributed by atoms with E-state index < -0.39 is 6.10 Å². The van der Waals surface area contributed by atoms with Crippen molar-refractivity contribution >= 4 is 33.2 Å².